The number of carbonyl (C=O) groups is 1. The average molecular weight is 326 g/mol. The molecule has 3 rings (SSSR count). The predicted molar refractivity (Wildman–Crippen MR) is 94.3 cm³/mol. The van der Waals surface area contributed by atoms with Gasteiger partial charge in [0.2, 0.25) is 0 Å². The number of benzene rings is 2. The van der Waals surface area contributed by atoms with E-state index in [9.17, 15) is 4.79 Å². The van der Waals surface area contributed by atoms with Crippen LogP contribution in [0.15, 0.2) is 54.6 Å². The van der Waals surface area contributed by atoms with Gasteiger partial charge in [-0.2, -0.15) is 0 Å². The molecule has 0 radical (unpaired) electrons. The van der Waals surface area contributed by atoms with Crippen LogP contribution in [0.3, 0.4) is 0 Å². The Morgan fingerprint density at radius 2 is 1.96 bits per heavy atom. The van der Waals surface area contributed by atoms with Gasteiger partial charge in [-0.1, -0.05) is 30.3 Å². The molecule has 1 fully saturated rings. The third kappa shape index (κ3) is 4.26. The molecule has 1 heterocycles. The van der Waals surface area contributed by atoms with Crippen LogP contribution in [0.4, 0.5) is 16.2 Å². The molecule has 1 amide bonds. The number of nitrogens with zero attached hydrogens (tertiary/aromatic N) is 1. The summed E-state index contributed by atoms with van der Waals surface area (Å²) < 4.78 is 10.7. The minimum absolute atomic E-state index is 0.260. The Kier molecular flexibility index (Phi) is 5.33. The van der Waals surface area contributed by atoms with Crippen molar-refractivity contribution in [1.82, 2.24) is 0 Å². The average Bonchev–Trinajstić information content (AvgIpc) is 2.62. The zero-order valence-electron chi connectivity index (χ0n) is 13.8. The predicted octanol–water partition coefficient (Wildman–Crippen LogP) is 3.66. The Balaban J connectivity index is 1.53. The van der Waals surface area contributed by atoms with E-state index in [0.717, 1.165) is 36.7 Å². The zero-order chi connectivity index (χ0) is 16.8. The van der Waals surface area contributed by atoms with Crippen molar-refractivity contribution in [2.24, 2.45) is 0 Å². The van der Waals surface area contributed by atoms with Crippen molar-refractivity contribution in [3.8, 4) is 0 Å². The van der Waals surface area contributed by atoms with Gasteiger partial charge < -0.3 is 14.4 Å². The summed E-state index contributed by atoms with van der Waals surface area (Å²) in [5, 5.41) is 2.75. The molecule has 0 aromatic heterocycles. The fourth-order valence-corrected chi connectivity index (χ4v) is 2.72. The van der Waals surface area contributed by atoms with Gasteiger partial charge in [-0.05, 0) is 36.8 Å². The smallest absolute Gasteiger partial charge is 0.411 e. The van der Waals surface area contributed by atoms with Gasteiger partial charge in [0.05, 0.1) is 13.2 Å². The van der Waals surface area contributed by atoms with Crippen molar-refractivity contribution in [3.63, 3.8) is 0 Å². The molecule has 5 heteroatoms. The molecule has 126 valence electrons. The molecule has 0 spiro atoms. The van der Waals surface area contributed by atoms with Crippen molar-refractivity contribution in [3.05, 3.63) is 60.2 Å². The Bertz CT molecular complexity index is 658. The van der Waals surface area contributed by atoms with Crippen molar-refractivity contribution in [2.45, 2.75) is 19.6 Å². The summed E-state index contributed by atoms with van der Waals surface area (Å²) in [4.78, 5) is 14.2. The maximum atomic E-state index is 11.9. The monoisotopic (exact) mass is 326 g/mol. The quantitative estimate of drug-likeness (QED) is 0.931. The van der Waals surface area contributed by atoms with E-state index < -0.39 is 6.09 Å². The molecule has 0 bridgehead atoms. The largest absolute Gasteiger partial charge is 0.444 e. The highest BCUT2D eigenvalue weighted by molar-refractivity contribution is 5.84. The summed E-state index contributed by atoms with van der Waals surface area (Å²) in [6.45, 7) is 4.78. The van der Waals surface area contributed by atoms with Crippen molar-refractivity contribution < 1.29 is 14.3 Å². The Morgan fingerprint density at radius 3 is 2.67 bits per heavy atom. The number of hydrogen-bond donors (Lipinski definition) is 1. The highest BCUT2D eigenvalue weighted by Gasteiger charge is 2.18. The van der Waals surface area contributed by atoms with E-state index in [1.54, 1.807) is 0 Å². The number of carbonyl (C=O) groups excluding carboxylic acids is 1. The van der Waals surface area contributed by atoms with Crippen molar-refractivity contribution >= 4 is 17.5 Å². The highest BCUT2D eigenvalue weighted by atomic mass is 16.5. The first-order chi connectivity index (χ1) is 11.7. The molecule has 1 aliphatic rings. The fraction of sp³-hybridized carbons (Fsp3) is 0.316. The Morgan fingerprint density at radius 1 is 1.21 bits per heavy atom. The molecule has 0 saturated carbocycles. The molecule has 1 aliphatic heterocycles. The van der Waals surface area contributed by atoms with Crippen LogP contribution in [0.25, 0.3) is 0 Å². The first-order valence-corrected chi connectivity index (χ1v) is 8.14. The lowest BCUT2D eigenvalue weighted by Gasteiger charge is -2.35. The third-order valence-electron chi connectivity index (χ3n) is 4.03. The van der Waals surface area contributed by atoms with E-state index in [2.05, 4.69) is 17.1 Å². The number of morpholine rings is 1. The van der Waals surface area contributed by atoms with Gasteiger partial charge in [0.1, 0.15) is 6.61 Å². The Hall–Kier alpha value is -2.53. The van der Waals surface area contributed by atoms with E-state index in [1.165, 1.54) is 0 Å². The van der Waals surface area contributed by atoms with Crippen LogP contribution in [0.1, 0.15) is 12.5 Å². The van der Waals surface area contributed by atoms with Crippen LogP contribution in [0.2, 0.25) is 0 Å². The molecule has 5 nitrogen and oxygen atoms in total. The normalized spacial score (nSPS) is 17.4. The summed E-state index contributed by atoms with van der Waals surface area (Å²) in [7, 11) is 0. The third-order valence-corrected chi connectivity index (χ3v) is 4.03. The van der Waals surface area contributed by atoms with E-state index in [4.69, 9.17) is 9.47 Å². The standard InChI is InChI=1S/C19H22N2O3/c1-15-13-23-12-11-21(15)18-9-7-17(8-10-18)20-19(22)24-14-16-5-3-2-4-6-16/h2-10,15H,11-14H2,1H3,(H,20,22). The molecule has 1 N–H and O–H groups in total. The summed E-state index contributed by atoms with van der Waals surface area (Å²) in [6, 6.07) is 17.8. The molecule has 1 atom stereocenters. The summed E-state index contributed by atoms with van der Waals surface area (Å²) in [6.07, 6.45) is -0.452. The first kappa shape index (κ1) is 16.3. The summed E-state index contributed by atoms with van der Waals surface area (Å²) >= 11 is 0. The second-order valence-electron chi connectivity index (χ2n) is 5.85. The highest BCUT2D eigenvalue weighted by Crippen LogP contribution is 2.22. The van der Waals surface area contributed by atoms with Crippen molar-refractivity contribution in [2.75, 3.05) is 30.0 Å². The van der Waals surface area contributed by atoms with Gasteiger partial charge in [-0.25, -0.2) is 4.79 Å². The van der Waals surface area contributed by atoms with Gasteiger partial charge in [-0.3, -0.25) is 5.32 Å². The lowest BCUT2D eigenvalue weighted by molar-refractivity contribution is 0.0989. The maximum absolute atomic E-state index is 11.9. The van der Waals surface area contributed by atoms with Crippen LogP contribution >= 0.6 is 0 Å². The number of ether oxygens (including phenoxy) is 2. The molecular weight excluding hydrogens is 304 g/mol. The minimum Gasteiger partial charge on any atom is -0.444 e. The topological polar surface area (TPSA) is 50.8 Å². The van der Waals surface area contributed by atoms with Gasteiger partial charge in [0.15, 0.2) is 0 Å². The number of hydrogen-bond acceptors (Lipinski definition) is 4. The second kappa shape index (κ2) is 7.84. The number of rotatable bonds is 4. The lowest BCUT2D eigenvalue weighted by atomic mass is 10.2. The number of anilines is 2. The molecule has 2 aromatic carbocycles. The second-order valence-corrected chi connectivity index (χ2v) is 5.85. The van der Waals surface area contributed by atoms with Gasteiger partial charge in [0.25, 0.3) is 0 Å². The van der Waals surface area contributed by atoms with Gasteiger partial charge >= 0.3 is 6.09 Å². The molecular formula is C19H22N2O3. The van der Waals surface area contributed by atoms with E-state index >= 15 is 0 Å². The summed E-state index contributed by atoms with van der Waals surface area (Å²) in [5.41, 5.74) is 2.82. The van der Waals surface area contributed by atoms with Crippen LogP contribution in [0, 0.1) is 0 Å². The van der Waals surface area contributed by atoms with Crippen LogP contribution in [-0.4, -0.2) is 31.9 Å². The minimum atomic E-state index is -0.452. The Labute approximate surface area is 142 Å². The fourth-order valence-electron chi connectivity index (χ4n) is 2.72. The first-order valence-electron chi connectivity index (χ1n) is 8.14. The SMILES string of the molecule is CC1COCCN1c1ccc(NC(=O)OCc2ccccc2)cc1. The van der Waals surface area contributed by atoms with E-state index in [1.807, 2.05) is 54.6 Å². The zero-order valence-corrected chi connectivity index (χ0v) is 13.8. The molecule has 1 unspecified atom stereocenters. The van der Waals surface area contributed by atoms with Crippen LogP contribution < -0.4 is 10.2 Å². The van der Waals surface area contributed by atoms with Gasteiger partial charge in [0, 0.05) is 24.0 Å². The molecule has 2 aromatic rings. The van der Waals surface area contributed by atoms with Gasteiger partial charge in [-0.15, -0.1) is 0 Å². The summed E-state index contributed by atoms with van der Waals surface area (Å²) in [5.74, 6) is 0. The lowest BCUT2D eigenvalue weighted by Crippen LogP contribution is -2.43. The van der Waals surface area contributed by atoms with Crippen LogP contribution in [-0.2, 0) is 16.1 Å². The maximum Gasteiger partial charge on any atom is 0.411 e. The van der Waals surface area contributed by atoms with Crippen molar-refractivity contribution in [1.29, 1.82) is 0 Å². The molecule has 24 heavy (non-hydrogen) atoms. The van der Waals surface area contributed by atoms with E-state index in [-0.39, 0.29) is 6.61 Å². The number of amides is 1. The molecule has 0 aliphatic carbocycles. The van der Waals surface area contributed by atoms with Crippen LogP contribution in [0.5, 0.6) is 0 Å². The van der Waals surface area contributed by atoms with E-state index in [0.29, 0.717) is 6.04 Å². The number of nitrogens with one attached hydrogen (secondary N) is 1. The molecule has 1 saturated heterocycles.